The number of carbonyl (C=O) groups is 1. The minimum Gasteiger partial charge on any atom is -0.447 e. The van der Waals surface area contributed by atoms with Gasteiger partial charge in [-0.15, -0.1) is 0 Å². The lowest BCUT2D eigenvalue weighted by molar-refractivity contribution is -0.00404. The van der Waals surface area contributed by atoms with Crippen molar-refractivity contribution in [3.63, 3.8) is 0 Å². The summed E-state index contributed by atoms with van der Waals surface area (Å²) in [5.74, 6) is 0. The third-order valence-corrected chi connectivity index (χ3v) is 3.31. The first-order chi connectivity index (χ1) is 6.68. The molecule has 0 N–H and O–H groups in total. The summed E-state index contributed by atoms with van der Waals surface area (Å²) in [6.07, 6.45) is 2.31. The molecule has 0 bridgehead atoms. The van der Waals surface area contributed by atoms with Gasteiger partial charge in [-0.05, 0) is 13.0 Å². The Balaban J connectivity index is 1.83. The average Bonchev–Trinajstić information content (AvgIpc) is 2.40. The standard InChI is InChI=1S/C10H18N2O2/c1-3-4-5-12-6-10(7-12)8-14-9(13)11(10)2/h3-8H2,1-2H3. The Bertz CT molecular complexity index is 236. The normalized spacial score (nSPS) is 25.3. The number of likely N-dealkylation sites (N-methyl/N-ethyl adjacent to an activating group) is 1. The van der Waals surface area contributed by atoms with E-state index in [0.29, 0.717) is 6.61 Å². The molecule has 0 aromatic carbocycles. The molecular weight excluding hydrogens is 180 g/mol. The van der Waals surface area contributed by atoms with E-state index >= 15 is 0 Å². The highest BCUT2D eigenvalue weighted by Gasteiger charge is 2.53. The van der Waals surface area contributed by atoms with Gasteiger partial charge in [0.15, 0.2) is 0 Å². The summed E-state index contributed by atoms with van der Waals surface area (Å²) >= 11 is 0. The third-order valence-electron chi connectivity index (χ3n) is 3.31. The highest BCUT2D eigenvalue weighted by Crippen LogP contribution is 2.32. The number of rotatable bonds is 3. The lowest BCUT2D eigenvalue weighted by Crippen LogP contribution is -2.68. The molecule has 0 aliphatic carbocycles. The molecule has 1 spiro atoms. The van der Waals surface area contributed by atoms with Gasteiger partial charge in [-0.2, -0.15) is 0 Å². The first kappa shape index (κ1) is 9.77. The number of unbranched alkanes of at least 4 members (excludes halogenated alkanes) is 1. The number of cyclic esters (lactones) is 1. The molecule has 2 aliphatic heterocycles. The van der Waals surface area contributed by atoms with Gasteiger partial charge in [0.25, 0.3) is 0 Å². The quantitative estimate of drug-likeness (QED) is 0.676. The van der Waals surface area contributed by atoms with Crippen LogP contribution in [0.3, 0.4) is 0 Å². The van der Waals surface area contributed by atoms with Crippen LogP contribution < -0.4 is 0 Å². The van der Waals surface area contributed by atoms with Crippen LogP contribution in [0.15, 0.2) is 0 Å². The maximum Gasteiger partial charge on any atom is 0.410 e. The Morgan fingerprint density at radius 3 is 2.71 bits per heavy atom. The molecule has 1 amide bonds. The van der Waals surface area contributed by atoms with Crippen molar-refractivity contribution in [3.05, 3.63) is 0 Å². The molecular formula is C10H18N2O2. The zero-order valence-electron chi connectivity index (χ0n) is 8.95. The largest absolute Gasteiger partial charge is 0.447 e. The number of hydrogen-bond acceptors (Lipinski definition) is 3. The predicted molar refractivity (Wildman–Crippen MR) is 53.2 cm³/mol. The SMILES string of the molecule is CCCCN1CC2(COC(=O)N2C)C1. The molecule has 0 aromatic rings. The molecule has 0 unspecified atom stereocenters. The summed E-state index contributed by atoms with van der Waals surface area (Å²) in [6.45, 7) is 5.89. The number of ether oxygens (including phenoxy) is 1. The molecule has 80 valence electrons. The summed E-state index contributed by atoms with van der Waals surface area (Å²) in [5, 5.41) is 0. The van der Waals surface area contributed by atoms with Crippen molar-refractivity contribution in [2.75, 3.05) is 33.3 Å². The van der Waals surface area contributed by atoms with E-state index < -0.39 is 0 Å². The molecule has 2 heterocycles. The molecule has 4 nitrogen and oxygen atoms in total. The van der Waals surface area contributed by atoms with Gasteiger partial charge in [0, 0.05) is 20.1 Å². The smallest absolute Gasteiger partial charge is 0.410 e. The van der Waals surface area contributed by atoms with Crippen LogP contribution >= 0.6 is 0 Å². The van der Waals surface area contributed by atoms with Crippen LogP contribution in [-0.2, 0) is 4.74 Å². The average molecular weight is 198 g/mol. The topological polar surface area (TPSA) is 32.8 Å². The zero-order valence-corrected chi connectivity index (χ0v) is 8.95. The Kier molecular flexibility index (Phi) is 2.39. The van der Waals surface area contributed by atoms with Gasteiger partial charge < -0.3 is 4.74 Å². The minimum absolute atomic E-state index is 0.00479. The van der Waals surface area contributed by atoms with Gasteiger partial charge in [-0.3, -0.25) is 9.80 Å². The molecule has 2 fully saturated rings. The van der Waals surface area contributed by atoms with E-state index in [1.165, 1.54) is 12.8 Å². The van der Waals surface area contributed by atoms with Gasteiger partial charge in [0.05, 0.1) is 0 Å². The predicted octanol–water partition coefficient (Wildman–Crippen LogP) is 0.923. The van der Waals surface area contributed by atoms with Crippen molar-refractivity contribution in [2.24, 2.45) is 0 Å². The summed E-state index contributed by atoms with van der Waals surface area (Å²) < 4.78 is 5.04. The number of nitrogens with zero attached hydrogens (tertiary/aromatic N) is 2. The Labute approximate surface area is 84.8 Å². The van der Waals surface area contributed by atoms with Crippen LogP contribution in [0.25, 0.3) is 0 Å². The van der Waals surface area contributed by atoms with Gasteiger partial charge in [-0.1, -0.05) is 13.3 Å². The molecule has 2 rings (SSSR count). The van der Waals surface area contributed by atoms with Crippen LogP contribution in [0.2, 0.25) is 0 Å². The fourth-order valence-electron chi connectivity index (χ4n) is 2.21. The van der Waals surface area contributed by atoms with Gasteiger partial charge in [-0.25, -0.2) is 4.79 Å². The summed E-state index contributed by atoms with van der Waals surface area (Å²) in [7, 11) is 1.84. The van der Waals surface area contributed by atoms with Crippen LogP contribution in [0.1, 0.15) is 19.8 Å². The number of hydrogen-bond donors (Lipinski definition) is 0. The van der Waals surface area contributed by atoms with Crippen molar-refractivity contribution < 1.29 is 9.53 Å². The second kappa shape index (κ2) is 3.42. The molecule has 14 heavy (non-hydrogen) atoms. The highest BCUT2D eigenvalue weighted by atomic mass is 16.6. The summed E-state index contributed by atoms with van der Waals surface area (Å²) in [4.78, 5) is 15.3. The first-order valence-electron chi connectivity index (χ1n) is 5.31. The second-order valence-electron chi connectivity index (χ2n) is 4.40. The molecule has 4 heteroatoms. The Hall–Kier alpha value is -0.770. The van der Waals surface area contributed by atoms with E-state index in [1.54, 1.807) is 4.90 Å². The van der Waals surface area contributed by atoms with Crippen LogP contribution in [0.5, 0.6) is 0 Å². The molecule has 0 atom stereocenters. The van der Waals surface area contributed by atoms with Crippen LogP contribution in [0, 0.1) is 0 Å². The number of likely N-dealkylation sites (tertiary alicyclic amines) is 1. The minimum atomic E-state index is -0.167. The van der Waals surface area contributed by atoms with Crippen LogP contribution in [-0.4, -0.2) is 54.7 Å². The highest BCUT2D eigenvalue weighted by molar-refractivity contribution is 5.71. The van der Waals surface area contributed by atoms with Gasteiger partial charge in [0.1, 0.15) is 12.1 Å². The maximum absolute atomic E-state index is 11.2. The van der Waals surface area contributed by atoms with Gasteiger partial charge >= 0.3 is 6.09 Å². The number of amides is 1. The van der Waals surface area contributed by atoms with Crippen LogP contribution in [0.4, 0.5) is 4.79 Å². The Morgan fingerprint density at radius 2 is 2.21 bits per heavy atom. The van der Waals surface area contributed by atoms with Gasteiger partial charge in [0.2, 0.25) is 0 Å². The lowest BCUT2D eigenvalue weighted by Gasteiger charge is -2.49. The van der Waals surface area contributed by atoms with E-state index in [-0.39, 0.29) is 11.6 Å². The van der Waals surface area contributed by atoms with Crippen molar-refractivity contribution in [1.29, 1.82) is 0 Å². The third kappa shape index (κ3) is 1.38. The van der Waals surface area contributed by atoms with Crippen molar-refractivity contribution >= 4 is 6.09 Å². The first-order valence-corrected chi connectivity index (χ1v) is 5.31. The molecule has 2 aliphatic rings. The monoisotopic (exact) mass is 198 g/mol. The molecule has 0 aromatic heterocycles. The fraction of sp³-hybridized carbons (Fsp3) is 0.900. The Morgan fingerprint density at radius 1 is 1.50 bits per heavy atom. The van der Waals surface area contributed by atoms with E-state index in [4.69, 9.17) is 4.74 Å². The van der Waals surface area contributed by atoms with E-state index in [0.717, 1.165) is 19.6 Å². The fourth-order valence-corrected chi connectivity index (χ4v) is 2.21. The second-order valence-corrected chi connectivity index (χ2v) is 4.40. The van der Waals surface area contributed by atoms with Crippen molar-refractivity contribution in [1.82, 2.24) is 9.80 Å². The molecule has 0 radical (unpaired) electrons. The number of carbonyl (C=O) groups excluding carboxylic acids is 1. The van der Waals surface area contributed by atoms with Crippen molar-refractivity contribution in [3.8, 4) is 0 Å². The maximum atomic E-state index is 11.2. The summed E-state index contributed by atoms with van der Waals surface area (Å²) in [6, 6.07) is 0. The van der Waals surface area contributed by atoms with E-state index in [9.17, 15) is 4.79 Å². The molecule has 0 saturated carbocycles. The van der Waals surface area contributed by atoms with Crippen molar-refractivity contribution in [2.45, 2.75) is 25.3 Å². The van der Waals surface area contributed by atoms with E-state index in [1.807, 2.05) is 7.05 Å². The zero-order chi connectivity index (χ0) is 10.2. The van der Waals surface area contributed by atoms with E-state index in [2.05, 4.69) is 11.8 Å². The molecule has 2 saturated heterocycles. The summed E-state index contributed by atoms with van der Waals surface area (Å²) in [5.41, 5.74) is 0.00479. The lowest BCUT2D eigenvalue weighted by atomic mass is 9.90.